The quantitative estimate of drug-likeness (QED) is 0.898. The van der Waals surface area contributed by atoms with Crippen molar-refractivity contribution in [3.05, 3.63) is 58.8 Å². The summed E-state index contributed by atoms with van der Waals surface area (Å²) in [7, 11) is 0. The lowest BCUT2D eigenvalue weighted by atomic mass is 10.1. The van der Waals surface area contributed by atoms with Gasteiger partial charge in [-0.1, -0.05) is 29.8 Å². The maximum absolute atomic E-state index is 9.53. The summed E-state index contributed by atoms with van der Waals surface area (Å²) in [6.45, 7) is 7.58. The fourth-order valence-corrected chi connectivity index (χ4v) is 3.52. The normalized spacial score (nSPS) is 17.9. The van der Waals surface area contributed by atoms with Crippen LogP contribution in [0.25, 0.3) is 0 Å². The van der Waals surface area contributed by atoms with Crippen molar-refractivity contribution in [1.82, 2.24) is 9.88 Å². The van der Waals surface area contributed by atoms with Crippen molar-refractivity contribution in [1.29, 1.82) is 5.26 Å². The highest BCUT2D eigenvalue weighted by atomic mass is 16.3. The molecule has 26 heavy (non-hydrogen) atoms. The summed E-state index contributed by atoms with van der Waals surface area (Å²) in [6, 6.07) is 14.8. The third-order valence-electron chi connectivity index (χ3n) is 5.01. The van der Waals surface area contributed by atoms with Crippen molar-refractivity contribution < 1.29 is 5.11 Å². The smallest absolute Gasteiger partial charge is 0.146 e. The molecule has 3 rings (SSSR count). The molecule has 5 heteroatoms. The first-order chi connectivity index (χ1) is 12.6. The van der Waals surface area contributed by atoms with Crippen molar-refractivity contribution >= 4 is 5.82 Å². The number of nitriles is 1. The van der Waals surface area contributed by atoms with Gasteiger partial charge in [0.15, 0.2) is 0 Å². The molecule has 0 saturated carbocycles. The van der Waals surface area contributed by atoms with Gasteiger partial charge in [0.05, 0.1) is 5.56 Å². The van der Waals surface area contributed by atoms with Crippen molar-refractivity contribution in [2.75, 3.05) is 31.1 Å². The van der Waals surface area contributed by atoms with Crippen LogP contribution in [-0.2, 0) is 6.54 Å². The number of piperazine rings is 1. The molecule has 1 saturated heterocycles. The molecule has 2 heterocycles. The predicted octanol–water partition coefficient (Wildman–Crippen LogP) is 2.64. The summed E-state index contributed by atoms with van der Waals surface area (Å²) in [5.74, 6) is 0.769. The number of nitrogens with zero attached hydrogens (tertiary/aromatic N) is 4. The van der Waals surface area contributed by atoms with Crippen LogP contribution in [0.5, 0.6) is 0 Å². The van der Waals surface area contributed by atoms with Gasteiger partial charge in [-0.05, 0) is 38.0 Å². The molecule has 0 radical (unpaired) electrons. The molecular formula is C21H26N4O. The fourth-order valence-electron chi connectivity index (χ4n) is 3.52. The van der Waals surface area contributed by atoms with Gasteiger partial charge in [-0.3, -0.25) is 4.90 Å². The molecule has 2 aromatic rings. The number of aliphatic hydroxyl groups excluding tert-OH is 1. The van der Waals surface area contributed by atoms with Crippen molar-refractivity contribution in [2.45, 2.75) is 32.9 Å². The van der Waals surface area contributed by atoms with Crippen LogP contribution < -0.4 is 4.90 Å². The number of anilines is 1. The number of pyridine rings is 1. The minimum atomic E-state index is 0.162. The van der Waals surface area contributed by atoms with Crippen LogP contribution in [0.2, 0.25) is 0 Å². The van der Waals surface area contributed by atoms with Crippen LogP contribution in [0.3, 0.4) is 0 Å². The molecule has 0 unspecified atom stereocenters. The molecule has 0 spiro atoms. The topological polar surface area (TPSA) is 63.4 Å². The number of aryl methyl sites for hydroxylation is 2. The van der Waals surface area contributed by atoms with Crippen molar-refractivity contribution in [2.24, 2.45) is 0 Å². The molecule has 5 nitrogen and oxygen atoms in total. The van der Waals surface area contributed by atoms with Crippen LogP contribution in [0, 0.1) is 25.2 Å². The van der Waals surface area contributed by atoms with Gasteiger partial charge >= 0.3 is 0 Å². The van der Waals surface area contributed by atoms with E-state index in [9.17, 15) is 10.4 Å². The number of aromatic nitrogens is 1. The molecule has 1 aliphatic rings. The zero-order chi connectivity index (χ0) is 18.5. The molecular weight excluding hydrogens is 324 g/mol. The van der Waals surface area contributed by atoms with Gasteiger partial charge in [-0.2, -0.15) is 5.26 Å². The molecule has 0 bridgehead atoms. The van der Waals surface area contributed by atoms with Gasteiger partial charge in [0.25, 0.3) is 0 Å². The first-order valence-electron chi connectivity index (χ1n) is 9.14. The number of benzene rings is 1. The van der Waals surface area contributed by atoms with Crippen LogP contribution in [-0.4, -0.2) is 47.3 Å². The van der Waals surface area contributed by atoms with E-state index in [1.807, 2.05) is 19.1 Å². The Balaban J connectivity index is 1.76. The average Bonchev–Trinajstić information content (AvgIpc) is 2.65. The standard InChI is InChI=1S/C21H26N4O/c1-16-3-6-18(7-4-16)14-24-10-11-25(15-20(24)9-12-26)21-19(13-22)8-5-17(2)23-21/h3-8,20,26H,9-12,14-15H2,1-2H3/t20-/m1/s1. The van der Waals surface area contributed by atoms with E-state index < -0.39 is 0 Å². The number of aliphatic hydroxyl groups is 1. The second kappa shape index (κ2) is 8.31. The first-order valence-corrected chi connectivity index (χ1v) is 9.14. The summed E-state index contributed by atoms with van der Waals surface area (Å²) in [6.07, 6.45) is 0.718. The van der Waals surface area contributed by atoms with Gasteiger partial charge in [-0.25, -0.2) is 4.98 Å². The Labute approximate surface area is 155 Å². The first kappa shape index (κ1) is 18.4. The Morgan fingerprint density at radius 2 is 1.92 bits per heavy atom. The van der Waals surface area contributed by atoms with Crippen molar-refractivity contribution in [3.63, 3.8) is 0 Å². The second-order valence-corrected chi connectivity index (χ2v) is 7.00. The molecule has 1 aromatic carbocycles. The lowest BCUT2D eigenvalue weighted by Crippen LogP contribution is -2.53. The summed E-state index contributed by atoms with van der Waals surface area (Å²) in [5, 5.41) is 18.9. The highest BCUT2D eigenvalue weighted by Gasteiger charge is 2.28. The van der Waals surface area contributed by atoms with Gasteiger partial charge < -0.3 is 10.0 Å². The van der Waals surface area contributed by atoms with Crippen LogP contribution in [0.15, 0.2) is 36.4 Å². The second-order valence-electron chi connectivity index (χ2n) is 7.00. The SMILES string of the molecule is Cc1ccc(CN2CCN(c3nc(C)ccc3C#N)C[C@H]2CCO)cc1. The molecule has 1 aromatic heterocycles. The molecule has 1 fully saturated rings. The molecule has 1 atom stereocenters. The highest BCUT2D eigenvalue weighted by molar-refractivity contribution is 5.54. The van der Waals surface area contributed by atoms with E-state index in [0.717, 1.165) is 44.1 Å². The van der Waals surface area contributed by atoms with Gasteiger partial charge in [0.2, 0.25) is 0 Å². The maximum Gasteiger partial charge on any atom is 0.146 e. The van der Waals surface area contributed by atoms with Gasteiger partial charge in [0, 0.05) is 44.5 Å². The zero-order valence-corrected chi connectivity index (χ0v) is 15.5. The Kier molecular flexibility index (Phi) is 5.87. The zero-order valence-electron chi connectivity index (χ0n) is 15.5. The summed E-state index contributed by atoms with van der Waals surface area (Å²) in [4.78, 5) is 9.23. The molecule has 136 valence electrons. The molecule has 1 aliphatic heterocycles. The summed E-state index contributed by atoms with van der Waals surface area (Å²) in [5.41, 5.74) is 4.09. The van der Waals surface area contributed by atoms with E-state index in [1.165, 1.54) is 11.1 Å². The number of hydrogen-bond acceptors (Lipinski definition) is 5. The largest absolute Gasteiger partial charge is 0.396 e. The fraction of sp³-hybridized carbons (Fsp3) is 0.429. The molecule has 0 aliphatic carbocycles. The van der Waals surface area contributed by atoms with Gasteiger partial charge in [0.1, 0.15) is 11.9 Å². The lowest BCUT2D eigenvalue weighted by molar-refractivity contribution is 0.135. The van der Waals surface area contributed by atoms with Crippen LogP contribution >= 0.6 is 0 Å². The van der Waals surface area contributed by atoms with Crippen LogP contribution in [0.4, 0.5) is 5.82 Å². The highest BCUT2D eigenvalue weighted by Crippen LogP contribution is 2.24. The van der Waals surface area contributed by atoms with E-state index in [1.54, 1.807) is 0 Å². The van der Waals surface area contributed by atoms with E-state index in [4.69, 9.17) is 0 Å². The Hall–Kier alpha value is -2.42. The summed E-state index contributed by atoms with van der Waals surface area (Å²) < 4.78 is 0. The molecule has 1 N–H and O–H groups in total. The molecule has 0 amide bonds. The Morgan fingerprint density at radius 3 is 2.62 bits per heavy atom. The van der Waals surface area contributed by atoms with E-state index in [-0.39, 0.29) is 12.6 Å². The Bertz CT molecular complexity index is 782. The maximum atomic E-state index is 9.53. The minimum Gasteiger partial charge on any atom is -0.396 e. The predicted molar refractivity (Wildman–Crippen MR) is 103 cm³/mol. The van der Waals surface area contributed by atoms with Crippen LogP contribution in [0.1, 0.15) is 28.8 Å². The third kappa shape index (κ3) is 4.21. The average molecular weight is 350 g/mol. The van der Waals surface area contributed by atoms with E-state index in [2.05, 4.69) is 52.0 Å². The van der Waals surface area contributed by atoms with Crippen molar-refractivity contribution in [3.8, 4) is 6.07 Å². The minimum absolute atomic E-state index is 0.162. The lowest BCUT2D eigenvalue weighted by Gasteiger charge is -2.42. The monoisotopic (exact) mass is 350 g/mol. The summed E-state index contributed by atoms with van der Waals surface area (Å²) >= 11 is 0. The third-order valence-corrected chi connectivity index (χ3v) is 5.01. The van der Waals surface area contributed by atoms with E-state index >= 15 is 0 Å². The van der Waals surface area contributed by atoms with E-state index in [0.29, 0.717) is 5.56 Å². The number of hydrogen-bond donors (Lipinski definition) is 1. The number of rotatable bonds is 5. The Morgan fingerprint density at radius 1 is 1.15 bits per heavy atom. The van der Waals surface area contributed by atoms with Gasteiger partial charge in [-0.15, -0.1) is 0 Å².